The molecule has 0 atom stereocenters. The molecule has 6 heteroatoms. The first kappa shape index (κ1) is 40.2. The number of carbonyl (C=O) groups excluding carboxylic acids is 1. The molecular weight excluding hydrogens is 849 g/mol. The smallest absolute Gasteiger partial charge is 0.162 e. The van der Waals surface area contributed by atoms with E-state index in [1.54, 1.807) is 0 Å². The third-order valence-corrected chi connectivity index (χ3v) is 11.8. The predicted molar refractivity (Wildman–Crippen MR) is 220 cm³/mol. The van der Waals surface area contributed by atoms with Crippen molar-refractivity contribution in [2.24, 2.45) is 17.8 Å². The van der Waals surface area contributed by atoms with Crippen molar-refractivity contribution in [3.05, 3.63) is 119 Å². The molecule has 7 rings (SSSR count). The van der Waals surface area contributed by atoms with Crippen molar-refractivity contribution in [1.82, 2.24) is 9.97 Å². The zero-order valence-corrected chi connectivity index (χ0v) is 35.0. The number of nitrogens with zero attached hydrogens (tertiary/aromatic N) is 2. The van der Waals surface area contributed by atoms with Gasteiger partial charge in [-0.3, -0.25) is 14.8 Å². The standard InChI is InChI=1S/C34H27N2S.C13H24O2.Ir/c1-21(2)18-24-14-16-36-33-27(24)12-13-30-31(33)28-15-17-35-32(34(28)37-30)25-19-23-10-6-7-11-26(23)29(20-25)22-8-4-3-5-9-22;1-5-10(6-2)12(14)9-13(15)11(7-3)8-4;/h3-11,14-17,20-21H,12-13,18H2,1-2H3;9-11,14H,5-8H2,1-4H3;/q-1;;/b;12-9-;. The van der Waals surface area contributed by atoms with E-state index in [0.717, 1.165) is 61.6 Å². The van der Waals surface area contributed by atoms with Crippen LogP contribution in [0.2, 0.25) is 0 Å². The monoisotopic (exact) mass is 900 g/mol. The van der Waals surface area contributed by atoms with E-state index in [2.05, 4.69) is 92.7 Å². The minimum Gasteiger partial charge on any atom is -0.512 e. The first-order chi connectivity index (χ1) is 25.3. The summed E-state index contributed by atoms with van der Waals surface area (Å²) in [5.41, 5.74) is 9.87. The second-order valence-electron chi connectivity index (χ2n) is 14.3. The zero-order chi connectivity index (χ0) is 36.8. The van der Waals surface area contributed by atoms with Gasteiger partial charge in [-0.05, 0) is 85.1 Å². The van der Waals surface area contributed by atoms with Crippen LogP contribution >= 0.6 is 11.3 Å². The molecule has 0 aliphatic heterocycles. The number of fused-ring (bicyclic) bond motifs is 6. The maximum Gasteiger partial charge on any atom is 0.162 e. The van der Waals surface area contributed by atoms with Crippen molar-refractivity contribution >= 4 is 38.0 Å². The van der Waals surface area contributed by atoms with Crippen LogP contribution in [-0.4, -0.2) is 20.9 Å². The number of allylic oxidation sites excluding steroid dienone is 2. The van der Waals surface area contributed by atoms with Crippen molar-refractivity contribution in [3.63, 3.8) is 0 Å². The fourth-order valence-electron chi connectivity index (χ4n) is 7.59. The first-order valence-electron chi connectivity index (χ1n) is 19.1. The molecule has 0 bridgehead atoms. The number of pyridine rings is 2. The van der Waals surface area contributed by atoms with E-state index in [9.17, 15) is 9.90 Å². The summed E-state index contributed by atoms with van der Waals surface area (Å²) in [6.45, 7) is 12.7. The second-order valence-corrected chi connectivity index (χ2v) is 15.4. The van der Waals surface area contributed by atoms with E-state index in [1.165, 1.54) is 59.9 Å². The third-order valence-electron chi connectivity index (χ3n) is 10.5. The molecule has 53 heavy (non-hydrogen) atoms. The molecule has 1 N–H and O–H groups in total. The number of hydrogen-bond donors (Lipinski definition) is 1. The summed E-state index contributed by atoms with van der Waals surface area (Å²) in [6, 6.07) is 29.5. The Hall–Kier alpha value is -3.96. The SMILES string of the molecule is CC(C)Cc1ccnc2c1CCc1sc3c(-c4[c-]c5ccccc5c(-c5ccccc5)c4)nccc3c1-2.CCC(CC)C(=O)/C=C(\O)C(CC)CC.[Ir]. The molecule has 0 saturated carbocycles. The largest absolute Gasteiger partial charge is 0.512 e. The van der Waals surface area contributed by atoms with Crippen LogP contribution in [0.1, 0.15) is 83.2 Å². The van der Waals surface area contributed by atoms with Crippen LogP contribution in [0.5, 0.6) is 0 Å². The summed E-state index contributed by atoms with van der Waals surface area (Å²) < 4.78 is 1.24. The molecule has 0 unspecified atom stereocenters. The van der Waals surface area contributed by atoms with Gasteiger partial charge in [0.25, 0.3) is 0 Å². The number of rotatable bonds is 11. The van der Waals surface area contributed by atoms with Crippen LogP contribution in [0.3, 0.4) is 0 Å². The minimum absolute atomic E-state index is 0. The summed E-state index contributed by atoms with van der Waals surface area (Å²) in [5, 5.41) is 13.4. The number of aryl methyl sites for hydroxylation is 1. The molecule has 1 aliphatic carbocycles. The van der Waals surface area contributed by atoms with Crippen LogP contribution in [0, 0.1) is 23.8 Å². The first-order valence-corrected chi connectivity index (χ1v) is 19.9. The maximum atomic E-state index is 11.7. The van der Waals surface area contributed by atoms with Crippen molar-refractivity contribution < 1.29 is 30.0 Å². The third kappa shape index (κ3) is 8.72. The molecule has 3 heterocycles. The molecule has 1 aliphatic rings. The van der Waals surface area contributed by atoms with Gasteiger partial charge >= 0.3 is 0 Å². The van der Waals surface area contributed by atoms with Gasteiger partial charge in [0.15, 0.2) is 5.78 Å². The number of ketones is 1. The van der Waals surface area contributed by atoms with Gasteiger partial charge in [-0.15, -0.1) is 34.9 Å². The van der Waals surface area contributed by atoms with Gasteiger partial charge in [0.05, 0.1) is 11.5 Å². The van der Waals surface area contributed by atoms with Gasteiger partial charge in [-0.25, -0.2) is 0 Å². The summed E-state index contributed by atoms with van der Waals surface area (Å²) in [7, 11) is 0. The molecule has 0 spiro atoms. The Balaban J connectivity index is 0.000000290. The molecule has 1 radical (unpaired) electrons. The van der Waals surface area contributed by atoms with Gasteiger partial charge in [0.2, 0.25) is 0 Å². The molecular formula is C47H51IrN2O2S-. The minimum atomic E-state index is 0. The summed E-state index contributed by atoms with van der Waals surface area (Å²) >= 11 is 1.89. The van der Waals surface area contributed by atoms with Gasteiger partial charge in [0, 0.05) is 71.2 Å². The normalized spacial score (nSPS) is 12.4. The van der Waals surface area contributed by atoms with Crippen LogP contribution in [-0.2, 0) is 44.2 Å². The fraction of sp³-hybridized carbons (Fsp3) is 0.340. The molecule has 6 aromatic rings. The molecule has 0 amide bonds. The van der Waals surface area contributed by atoms with E-state index in [1.807, 2.05) is 51.4 Å². The average Bonchev–Trinajstić information content (AvgIpc) is 3.55. The number of aliphatic hydroxyl groups is 1. The Kier molecular flexibility index (Phi) is 14.0. The number of thiophene rings is 1. The van der Waals surface area contributed by atoms with E-state index in [4.69, 9.17) is 9.97 Å². The Labute approximate surface area is 333 Å². The van der Waals surface area contributed by atoms with E-state index >= 15 is 0 Å². The fourth-order valence-corrected chi connectivity index (χ4v) is 8.89. The van der Waals surface area contributed by atoms with Crippen LogP contribution < -0.4 is 0 Å². The predicted octanol–water partition coefficient (Wildman–Crippen LogP) is 12.8. The zero-order valence-electron chi connectivity index (χ0n) is 31.8. The van der Waals surface area contributed by atoms with Gasteiger partial charge < -0.3 is 5.11 Å². The average molecular weight is 900 g/mol. The van der Waals surface area contributed by atoms with E-state index in [0.29, 0.717) is 5.92 Å². The van der Waals surface area contributed by atoms with Crippen molar-refractivity contribution in [1.29, 1.82) is 0 Å². The quantitative estimate of drug-likeness (QED) is 0.0799. The van der Waals surface area contributed by atoms with Gasteiger partial charge in [0.1, 0.15) is 0 Å². The van der Waals surface area contributed by atoms with Crippen LogP contribution in [0.4, 0.5) is 0 Å². The topological polar surface area (TPSA) is 63.1 Å². The number of hydrogen-bond acceptors (Lipinski definition) is 5. The maximum absolute atomic E-state index is 11.7. The molecule has 3 aromatic heterocycles. The number of benzene rings is 3. The van der Waals surface area contributed by atoms with Crippen molar-refractivity contribution in [2.75, 3.05) is 0 Å². The van der Waals surface area contributed by atoms with Gasteiger partial charge in [-0.2, -0.15) is 0 Å². The van der Waals surface area contributed by atoms with Crippen molar-refractivity contribution in [2.45, 2.75) is 86.5 Å². The Bertz CT molecular complexity index is 2200. The number of aliphatic hydroxyl groups excluding tert-OH is 1. The summed E-state index contributed by atoms with van der Waals surface area (Å²) in [5.74, 6) is 1.18. The molecule has 4 nitrogen and oxygen atoms in total. The molecule has 0 saturated heterocycles. The molecule has 0 fully saturated rings. The summed E-state index contributed by atoms with van der Waals surface area (Å²) in [4.78, 5) is 23.0. The Morgan fingerprint density at radius 1 is 0.830 bits per heavy atom. The van der Waals surface area contributed by atoms with Crippen LogP contribution in [0.15, 0.2) is 97.0 Å². The van der Waals surface area contributed by atoms with Crippen molar-refractivity contribution in [3.8, 4) is 33.6 Å². The number of aromatic nitrogens is 2. The van der Waals surface area contributed by atoms with Crippen LogP contribution in [0.25, 0.3) is 54.5 Å². The Morgan fingerprint density at radius 3 is 2.19 bits per heavy atom. The summed E-state index contributed by atoms with van der Waals surface area (Å²) in [6.07, 6.45) is 12.1. The molecule has 3 aromatic carbocycles. The number of carbonyl (C=O) groups is 1. The van der Waals surface area contributed by atoms with E-state index in [-0.39, 0.29) is 43.5 Å². The second kappa shape index (κ2) is 18.4. The molecule has 277 valence electrons. The van der Waals surface area contributed by atoms with Gasteiger partial charge in [-0.1, -0.05) is 107 Å². The van der Waals surface area contributed by atoms with E-state index < -0.39 is 0 Å². The Morgan fingerprint density at radius 2 is 1.49 bits per heavy atom.